The normalized spacial score (nSPS) is 11.4. The number of rotatable bonds is 6. The van der Waals surface area contributed by atoms with Gasteiger partial charge in [0, 0.05) is 12.0 Å². The van der Waals surface area contributed by atoms with E-state index in [0.717, 1.165) is 5.56 Å². The summed E-state index contributed by atoms with van der Waals surface area (Å²) >= 11 is 0. The van der Waals surface area contributed by atoms with Crippen LogP contribution in [0.2, 0.25) is 0 Å². The molecule has 0 saturated carbocycles. The molecule has 0 aliphatic rings. The third kappa shape index (κ3) is 5.35. The van der Waals surface area contributed by atoms with Gasteiger partial charge in [0.05, 0.1) is 5.56 Å². The van der Waals surface area contributed by atoms with Crippen molar-refractivity contribution < 1.29 is 18.8 Å². The van der Waals surface area contributed by atoms with Crippen LogP contribution in [0.25, 0.3) is 0 Å². The summed E-state index contributed by atoms with van der Waals surface area (Å²) < 4.78 is 5.34. The highest BCUT2D eigenvalue weighted by Gasteiger charge is 2.23. The second-order valence-electron chi connectivity index (χ2n) is 6.85. The van der Waals surface area contributed by atoms with E-state index < -0.39 is 17.9 Å². The zero-order valence-electron chi connectivity index (χ0n) is 16.8. The Morgan fingerprint density at radius 2 is 1.50 bits per heavy atom. The Labute approximate surface area is 174 Å². The number of nitrogens with one attached hydrogen (secondary N) is 3. The van der Waals surface area contributed by atoms with E-state index in [1.165, 1.54) is 0 Å². The predicted octanol–water partition coefficient (Wildman–Crippen LogP) is 2.70. The molecule has 0 saturated heterocycles. The topological polar surface area (TPSA) is 100 Å². The van der Waals surface area contributed by atoms with Crippen LogP contribution >= 0.6 is 0 Å². The lowest BCUT2D eigenvalue weighted by Crippen LogP contribution is -2.53. The van der Waals surface area contributed by atoms with Crippen LogP contribution in [-0.2, 0) is 11.2 Å². The molecule has 154 valence electrons. The number of hydrogen-bond acceptors (Lipinski definition) is 4. The first-order chi connectivity index (χ1) is 14.4. The van der Waals surface area contributed by atoms with E-state index in [-0.39, 0.29) is 12.3 Å². The summed E-state index contributed by atoms with van der Waals surface area (Å²) in [6, 6.07) is 18.7. The van der Waals surface area contributed by atoms with Crippen molar-refractivity contribution in [2.75, 3.05) is 0 Å². The zero-order valence-corrected chi connectivity index (χ0v) is 16.8. The SMILES string of the molecule is Cc1cc(C(=O)NNC(=O)C(Cc2ccccc2)NC(=O)c2ccccc2)c(C)o1. The van der Waals surface area contributed by atoms with Gasteiger partial charge in [-0.1, -0.05) is 48.5 Å². The highest BCUT2D eigenvalue weighted by Crippen LogP contribution is 2.13. The summed E-state index contributed by atoms with van der Waals surface area (Å²) in [6.45, 7) is 3.40. The largest absolute Gasteiger partial charge is 0.466 e. The minimum atomic E-state index is -0.882. The van der Waals surface area contributed by atoms with Crippen molar-refractivity contribution in [3.8, 4) is 0 Å². The molecular weight excluding hydrogens is 382 g/mol. The number of hydrazine groups is 1. The molecular formula is C23H23N3O4. The molecule has 30 heavy (non-hydrogen) atoms. The van der Waals surface area contributed by atoms with E-state index >= 15 is 0 Å². The highest BCUT2D eigenvalue weighted by atomic mass is 16.3. The van der Waals surface area contributed by atoms with Crippen LogP contribution in [0.1, 0.15) is 37.8 Å². The van der Waals surface area contributed by atoms with Crippen molar-refractivity contribution in [1.29, 1.82) is 0 Å². The molecule has 2 aromatic carbocycles. The van der Waals surface area contributed by atoms with Crippen LogP contribution < -0.4 is 16.2 Å². The van der Waals surface area contributed by atoms with Gasteiger partial charge in [-0.25, -0.2) is 0 Å². The number of amides is 3. The molecule has 3 N–H and O–H groups in total. The van der Waals surface area contributed by atoms with Crippen LogP contribution in [0.3, 0.4) is 0 Å². The molecule has 1 aromatic heterocycles. The molecule has 3 aromatic rings. The van der Waals surface area contributed by atoms with E-state index in [1.807, 2.05) is 30.3 Å². The Balaban J connectivity index is 1.70. The summed E-state index contributed by atoms with van der Waals surface area (Å²) in [5, 5.41) is 2.74. The fourth-order valence-electron chi connectivity index (χ4n) is 3.02. The molecule has 0 radical (unpaired) electrons. The summed E-state index contributed by atoms with van der Waals surface area (Å²) in [7, 11) is 0. The van der Waals surface area contributed by atoms with E-state index in [2.05, 4.69) is 16.2 Å². The smallest absolute Gasteiger partial charge is 0.273 e. The second kappa shape index (κ2) is 9.56. The fourth-order valence-corrected chi connectivity index (χ4v) is 3.02. The molecule has 0 aliphatic carbocycles. The fraction of sp³-hybridized carbons (Fsp3) is 0.174. The maximum Gasteiger partial charge on any atom is 0.273 e. The number of hydrogen-bond donors (Lipinski definition) is 3. The van der Waals surface area contributed by atoms with Crippen molar-refractivity contribution in [3.63, 3.8) is 0 Å². The first-order valence-corrected chi connectivity index (χ1v) is 9.51. The molecule has 0 fully saturated rings. The van der Waals surface area contributed by atoms with Crippen molar-refractivity contribution in [1.82, 2.24) is 16.2 Å². The first kappa shape index (κ1) is 20.9. The van der Waals surface area contributed by atoms with Gasteiger partial charge in [0.1, 0.15) is 17.6 Å². The highest BCUT2D eigenvalue weighted by molar-refractivity contribution is 5.99. The van der Waals surface area contributed by atoms with Gasteiger partial charge in [-0.2, -0.15) is 0 Å². The van der Waals surface area contributed by atoms with Gasteiger partial charge >= 0.3 is 0 Å². The van der Waals surface area contributed by atoms with Crippen molar-refractivity contribution in [3.05, 3.63) is 94.9 Å². The van der Waals surface area contributed by atoms with Crippen LogP contribution in [0.5, 0.6) is 0 Å². The first-order valence-electron chi connectivity index (χ1n) is 9.51. The number of carbonyl (C=O) groups is 3. The lowest BCUT2D eigenvalue weighted by Gasteiger charge is -2.19. The molecule has 1 heterocycles. The maximum absolute atomic E-state index is 12.8. The predicted molar refractivity (Wildman–Crippen MR) is 112 cm³/mol. The summed E-state index contributed by atoms with van der Waals surface area (Å²) in [4.78, 5) is 37.7. The Hall–Kier alpha value is -3.87. The Morgan fingerprint density at radius 1 is 0.867 bits per heavy atom. The van der Waals surface area contributed by atoms with E-state index in [1.54, 1.807) is 50.2 Å². The second-order valence-corrected chi connectivity index (χ2v) is 6.85. The van der Waals surface area contributed by atoms with E-state index in [0.29, 0.717) is 22.6 Å². The van der Waals surface area contributed by atoms with Gasteiger partial charge in [0.15, 0.2) is 0 Å². The average molecular weight is 405 g/mol. The van der Waals surface area contributed by atoms with Crippen LogP contribution in [-0.4, -0.2) is 23.8 Å². The molecule has 7 nitrogen and oxygen atoms in total. The van der Waals surface area contributed by atoms with Crippen molar-refractivity contribution in [2.45, 2.75) is 26.3 Å². The average Bonchev–Trinajstić information content (AvgIpc) is 3.10. The molecule has 1 unspecified atom stereocenters. The Morgan fingerprint density at radius 3 is 2.10 bits per heavy atom. The van der Waals surface area contributed by atoms with Crippen LogP contribution in [0.15, 0.2) is 71.1 Å². The van der Waals surface area contributed by atoms with Crippen molar-refractivity contribution in [2.24, 2.45) is 0 Å². The molecule has 0 bridgehead atoms. The summed E-state index contributed by atoms with van der Waals surface area (Å²) in [6.07, 6.45) is 0.269. The van der Waals surface area contributed by atoms with Crippen LogP contribution in [0, 0.1) is 13.8 Å². The summed E-state index contributed by atoms with van der Waals surface area (Å²) in [5.74, 6) is -0.349. The van der Waals surface area contributed by atoms with Gasteiger partial charge in [-0.3, -0.25) is 25.2 Å². The lowest BCUT2D eigenvalue weighted by molar-refractivity contribution is -0.123. The standard InChI is InChI=1S/C23H23N3O4/c1-15-13-19(16(2)30-15)22(28)25-26-23(29)20(14-17-9-5-3-6-10-17)24-21(27)18-11-7-4-8-12-18/h3-13,20H,14H2,1-2H3,(H,24,27)(H,25,28)(H,26,29). The lowest BCUT2D eigenvalue weighted by atomic mass is 10.0. The maximum atomic E-state index is 12.8. The van der Waals surface area contributed by atoms with Gasteiger partial charge < -0.3 is 9.73 Å². The zero-order chi connectivity index (χ0) is 21.5. The number of carbonyl (C=O) groups excluding carboxylic acids is 3. The monoisotopic (exact) mass is 405 g/mol. The summed E-state index contributed by atoms with van der Waals surface area (Å²) in [5.41, 5.74) is 6.43. The number of aryl methyl sites for hydroxylation is 2. The number of furan rings is 1. The minimum absolute atomic E-state index is 0.269. The van der Waals surface area contributed by atoms with Crippen molar-refractivity contribution >= 4 is 17.7 Å². The van der Waals surface area contributed by atoms with E-state index in [9.17, 15) is 14.4 Å². The Kier molecular flexibility index (Phi) is 6.64. The quantitative estimate of drug-likeness (QED) is 0.549. The number of benzene rings is 2. The molecule has 7 heteroatoms. The molecule has 3 amide bonds. The van der Waals surface area contributed by atoms with Gasteiger partial charge in [0.25, 0.3) is 17.7 Å². The van der Waals surface area contributed by atoms with E-state index in [4.69, 9.17) is 4.42 Å². The minimum Gasteiger partial charge on any atom is -0.466 e. The van der Waals surface area contributed by atoms with Gasteiger partial charge in [0.2, 0.25) is 0 Å². The van der Waals surface area contributed by atoms with Gasteiger partial charge in [-0.15, -0.1) is 0 Å². The molecule has 1 atom stereocenters. The van der Waals surface area contributed by atoms with Gasteiger partial charge in [-0.05, 0) is 37.6 Å². The molecule has 0 aliphatic heterocycles. The third-order valence-electron chi connectivity index (χ3n) is 4.53. The molecule has 0 spiro atoms. The Bertz CT molecular complexity index is 1030. The molecule has 3 rings (SSSR count). The third-order valence-corrected chi connectivity index (χ3v) is 4.53. The van der Waals surface area contributed by atoms with Crippen LogP contribution in [0.4, 0.5) is 0 Å².